The molecule has 3 aromatic carbocycles. The van der Waals surface area contributed by atoms with Gasteiger partial charge in [0.1, 0.15) is 18.1 Å². The number of hydrogen-bond donors (Lipinski definition) is 0. The van der Waals surface area contributed by atoms with Crippen LogP contribution < -0.4 is 4.74 Å². The Kier molecular flexibility index (Phi) is 5.20. The van der Waals surface area contributed by atoms with Crippen LogP contribution in [0.15, 0.2) is 72.8 Å². The molecule has 4 rings (SSSR count). The van der Waals surface area contributed by atoms with Crippen LogP contribution in [0.4, 0.5) is 0 Å². The summed E-state index contributed by atoms with van der Waals surface area (Å²) in [7, 11) is 0. The summed E-state index contributed by atoms with van der Waals surface area (Å²) in [6, 6.07) is 22.2. The van der Waals surface area contributed by atoms with Crippen molar-refractivity contribution in [3.8, 4) is 11.5 Å². The Labute approximate surface area is 169 Å². The Bertz CT molecular complexity index is 1170. The van der Waals surface area contributed by atoms with Crippen molar-refractivity contribution in [2.24, 2.45) is 0 Å². The van der Waals surface area contributed by atoms with E-state index in [4.69, 9.17) is 9.47 Å². The number of benzene rings is 3. The van der Waals surface area contributed by atoms with Crippen molar-refractivity contribution in [1.82, 2.24) is 9.97 Å². The SMILES string of the molecule is Cc1nc2ccc(C(=O)OCc3ccccc3Oc3ccccc3)cc2nc1C. The summed E-state index contributed by atoms with van der Waals surface area (Å²) >= 11 is 0. The second kappa shape index (κ2) is 8.10. The summed E-state index contributed by atoms with van der Waals surface area (Å²) in [6.45, 7) is 3.92. The van der Waals surface area contributed by atoms with Crippen molar-refractivity contribution in [1.29, 1.82) is 0 Å². The number of para-hydroxylation sites is 2. The van der Waals surface area contributed by atoms with Crippen LogP contribution in [0.3, 0.4) is 0 Å². The van der Waals surface area contributed by atoms with E-state index in [1.807, 2.05) is 68.4 Å². The van der Waals surface area contributed by atoms with Gasteiger partial charge in [-0.25, -0.2) is 14.8 Å². The van der Waals surface area contributed by atoms with Gasteiger partial charge in [0.15, 0.2) is 0 Å². The number of rotatable bonds is 5. The molecule has 0 unspecified atom stereocenters. The molecular formula is C24H20N2O3. The number of aryl methyl sites for hydroxylation is 2. The van der Waals surface area contributed by atoms with E-state index in [2.05, 4.69) is 9.97 Å². The lowest BCUT2D eigenvalue weighted by Crippen LogP contribution is -2.06. The Morgan fingerprint density at radius 2 is 1.52 bits per heavy atom. The molecule has 0 aliphatic carbocycles. The van der Waals surface area contributed by atoms with E-state index in [0.717, 1.165) is 28.2 Å². The highest BCUT2D eigenvalue weighted by atomic mass is 16.5. The zero-order valence-corrected chi connectivity index (χ0v) is 16.3. The molecule has 0 aliphatic rings. The Morgan fingerprint density at radius 1 is 0.828 bits per heavy atom. The van der Waals surface area contributed by atoms with E-state index in [-0.39, 0.29) is 6.61 Å². The molecule has 1 aromatic heterocycles. The van der Waals surface area contributed by atoms with E-state index < -0.39 is 5.97 Å². The molecule has 0 radical (unpaired) electrons. The lowest BCUT2D eigenvalue weighted by Gasteiger charge is -2.12. The number of carbonyl (C=O) groups excluding carboxylic acids is 1. The van der Waals surface area contributed by atoms with Crippen LogP contribution in [0.25, 0.3) is 11.0 Å². The van der Waals surface area contributed by atoms with Gasteiger partial charge in [-0.15, -0.1) is 0 Å². The lowest BCUT2D eigenvalue weighted by atomic mass is 10.1. The first-order valence-corrected chi connectivity index (χ1v) is 9.33. The minimum absolute atomic E-state index is 0.110. The third-order valence-corrected chi connectivity index (χ3v) is 4.61. The molecule has 0 bridgehead atoms. The summed E-state index contributed by atoms with van der Waals surface area (Å²) < 4.78 is 11.4. The fourth-order valence-corrected chi connectivity index (χ4v) is 2.92. The molecule has 0 saturated heterocycles. The van der Waals surface area contributed by atoms with Crippen LogP contribution >= 0.6 is 0 Å². The zero-order valence-electron chi connectivity index (χ0n) is 16.3. The molecule has 0 N–H and O–H groups in total. The maximum Gasteiger partial charge on any atom is 0.338 e. The van der Waals surface area contributed by atoms with Gasteiger partial charge in [-0.05, 0) is 50.2 Å². The van der Waals surface area contributed by atoms with Crippen molar-refractivity contribution >= 4 is 17.0 Å². The molecule has 0 amide bonds. The van der Waals surface area contributed by atoms with E-state index in [1.54, 1.807) is 18.2 Å². The average molecular weight is 384 g/mol. The molecule has 0 spiro atoms. The van der Waals surface area contributed by atoms with Gasteiger partial charge < -0.3 is 9.47 Å². The van der Waals surface area contributed by atoms with Crippen LogP contribution in [0.2, 0.25) is 0 Å². The normalized spacial score (nSPS) is 10.7. The van der Waals surface area contributed by atoms with E-state index in [0.29, 0.717) is 16.8 Å². The van der Waals surface area contributed by atoms with Crippen LogP contribution in [-0.4, -0.2) is 15.9 Å². The number of aromatic nitrogens is 2. The van der Waals surface area contributed by atoms with Crippen molar-refractivity contribution < 1.29 is 14.3 Å². The van der Waals surface area contributed by atoms with Crippen LogP contribution in [0.1, 0.15) is 27.3 Å². The standard InChI is InChI=1S/C24H20N2O3/c1-16-17(2)26-22-14-18(12-13-21(22)25-16)24(27)28-15-19-8-6-7-11-23(19)29-20-9-4-3-5-10-20/h3-14H,15H2,1-2H3. The second-order valence-corrected chi connectivity index (χ2v) is 6.70. The van der Waals surface area contributed by atoms with Crippen molar-refractivity contribution in [3.05, 3.63) is 95.3 Å². The molecular weight excluding hydrogens is 364 g/mol. The highest BCUT2D eigenvalue weighted by Crippen LogP contribution is 2.26. The summed E-state index contributed by atoms with van der Waals surface area (Å²) in [5.41, 5.74) is 4.38. The molecule has 0 fully saturated rings. The Hall–Kier alpha value is -3.73. The van der Waals surface area contributed by atoms with E-state index in [1.165, 1.54) is 0 Å². The van der Waals surface area contributed by atoms with Crippen LogP contribution in [0, 0.1) is 13.8 Å². The third-order valence-electron chi connectivity index (χ3n) is 4.61. The molecule has 5 nitrogen and oxygen atoms in total. The number of ether oxygens (including phenoxy) is 2. The van der Waals surface area contributed by atoms with Crippen molar-refractivity contribution in [2.45, 2.75) is 20.5 Å². The molecule has 5 heteroatoms. The molecule has 1 heterocycles. The molecule has 29 heavy (non-hydrogen) atoms. The lowest BCUT2D eigenvalue weighted by molar-refractivity contribution is 0.0471. The fourth-order valence-electron chi connectivity index (χ4n) is 2.92. The van der Waals surface area contributed by atoms with Gasteiger partial charge in [-0.1, -0.05) is 36.4 Å². The Balaban J connectivity index is 1.50. The van der Waals surface area contributed by atoms with Crippen molar-refractivity contribution in [3.63, 3.8) is 0 Å². The first-order chi connectivity index (χ1) is 14.1. The largest absolute Gasteiger partial charge is 0.457 e. The van der Waals surface area contributed by atoms with E-state index >= 15 is 0 Å². The first-order valence-electron chi connectivity index (χ1n) is 9.33. The first kappa shape index (κ1) is 18.6. The summed E-state index contributed by atoms with van der Waals surface area (Å²) in [4.78, 5) is 21.6. The number of hydrogen-bond acceptors (Lipinski definition) is 5. The predicted octanol–water partition coefficient (Wildman–Crippen LogP) is 5.40. The molecule has 0 saturated carbocycles. The van der Waals surface area contributed by atoms with E-state index in [9.17, 15) is 4.79 Å². The smallest absolute Gasteiger partial charge is 0.338 e. The second-order valence-electron chi connectivity index (χ2n) is 6.70. The highest BCUT2D eigenvalue weighted by molar-refractivity contribution is 5.93. The number of carbonyl (C=O) groups is 1. The summed E-state index contributed by atoms with van der Waals surface area (Å²) in [6.07, 6.45) is 0. The van der Waals surface area contributed by atoms with Gasteiger partial charge in [0.05, 0.1) is 28.0 Å². The average Bonchev–Trinajstić information content (AvgIpc) is 2.74. The minimum Gasteiger partial charge on any atom is -0.457 e. The minimum atomic E-state index is -0.415. The quantitative estimate of drug-likeness (QED) is 0.431. The number of esters is 1. The van der Waals surface area contributed by atoms with Gasteiger partial charge >= 0.3 is 5.97 Å². The highest BCUT2D eigenvalue weighted by Gasteiger charge is 2.12. The number of fused-ring (bicyclic) bond motifs is 1. The Morgan fingerprint density at radius 3 is 2.31 bits per heavy atom. The monoisotopic (exact) mass is 384 g/mol. The molecule has 0 aliphatic heterocycles. The maximum absolute atomic E-state index is 12.6. The predicted molar refractivity (Wildman–Crippen MR) is 111 cm³/mol. The molecule has 4 aromatic rings. The number of nitrogens with zero attached hydrogens (tertiary/aromatic N) is 2. The van der Waals surface area contributed by atoms with Gasteiger partial charge in [-0.2, -0.15) is 0 Å². The van der Waals surface area contributed by atoms with Crippen LogP contribution in [-0.2, 0) is 11.3 Å². The van der Waals surface area contributed by atoms with Crippen LogP contribution in [0.5, 0.6) is 11.5 Å². The summed E-state index contributed by atoms with van der Waals surface area (Å²) in [5, 5.41) is 0. The maximum atomic E-state index is 12.6. The van der Waals surface area contributed by atoms with Gasteiger partial charge in [0.25, 0.3) is 0 Å². The van der Waals surface area contributed by atoms with Gasteiger partial charge in [0, 0.05) is 5.56 Å². The molecule has 144 valence electrons. The third kappa shape index (κ3) is 4.24. The van der Waals surface area contributed by atoms with Gasteiger partial charge in [-0.3, -0.25) is 0 Å². The molecule has 0 atom stereocenters. The topological polar surface area (TPSA) is 61.3 Å². The van der Waals surface area contributed by atoms with Gasteiger partial charge in [0.2, 0.25) is 0 Å². The fraction of sp³-hybridized carbons (Fsp3) is 0.125. The van der Waals surface area contributed by atoms with Crippen molar-refractivity contribution in [2.75, 3.05) is 0 Å². The summed E-state index contributed by atoms with van der Waals surface area (Å²) in [5.74, 6) is 0.966. The zero-order chi connectivity index (χ0) is 20.2.